The largest absolute Gasteiger partial charge is 0.480 e. The van der Waals surface area contributed by atoms with Crippen molar-refractivity contribution in [3.63, 3.8) is 0 Å². The Bertz CT molecular complexity index is 616. The summed E-state index contributed by atoms with van der Waals surface area (Å²) in [5.74, 6) is -2.73. The molecule has 1 aliphatic carbocycles. The molecule has 1 unspecified atom stereocenters. The molecule has 1 heterocycles. The Morgan fingerprint density at radius 2 is 1.78 bits per heavy atom. The number of hydrogen-bond acceptors (Lipinski definition) is 4. The highest BCUT2D eigenvalue weighted by Gasteiger charge is 2.35. The summed E-state index contributed by atoms with van der Waals surface area (Å²) >= 11 is 0. The molecule has 3 N–H and O–H groups in total. The van der Waals surface area contributed by atoms with Crippen LogP contribution >= 0.6 is 0 Å². The van der Waals surface area contributed by atoms with Crippen LogP contribution < -0.4 is 10.6 Å². The molecule has 2 aliphatic rings. The second-order valence-electron chi connectivity index (χ2n) is 4.13. The number of carboxylic acids is 1. The molecule has 1 aromatic rings. The van der Waals surface area contributed by atoms with E-state index in [0.29, 0.717) is 11.4 Å². The number of benzene rings is 1. The minimum absolute atomic E-state index is 0.397. The third-order valence-electron chi connectivity index (χ3n) is 2.99. The zero-order valence-corrected chi connectivity index (χ0v) is 9.31. The fraction of sp³-hybridized carbons (Fsp3) is 0.0769. The molecule has 0 amide bonds. The number of allylic oxidation sites excluding steroid dienone is 2. The minimum Gasteiger partial charge on any atom is -0.480 e. The average molecular weight is 242 g/mol. The Labute approximate surface area is 103 Å². The van der Waals surface area contributed by atoms with Crippen molar-refractivity contribution in [3.05, 3.63) is 47.8 Å². The molecule has 3 rings (SSSR count). The van der Waals surface area contributed by atoms with Gasteiger partial charge >= 0.3 is 5.97 Å². The molecule has 0 saturated carbocycles. The number of aliphatic carboxylic acids is 1. The van der Waals surface area contributed by atoms with Gasteiger partial charge in [0.05, 0.1) is 22.8 Å². The van der Waals surface area contributed by atoms with Crippen molar-refractivity contribution in [2.24, 2.45) is 5.92 Å². The van der Waals surface area contributed by atoms with Gasteiger partial charge in [-0.05, 0) is 24.3 Å². The molecule has 1 aliphatic heterocycles. The third kappa shape index (κ3) is 1.48. The van der Waals surface area contributed by atoms with Gasteiger partial charge in [0.1, 0.15) is 0 Å². The standard InChI is InChI=1S/C13H10N2O3/c16-10-6-5-9-12(11(10)13(17)18)15-8-4-2-1-3-7(8)14-9/h1-6,11,14-15H,(H,17,18). The number of ketones is 1. The Morgan fingerprint density at radius 3 is 2.44 bits per heavy atom. The first-order chi connectivity index (χ1) is 8.66. The first-order valence-corrected chi connectivity index (χ1v) is 5.49. The van der Waals surface area contributed by atoms with E-state index < -0.39 is 17.7 Å². The van der Waals surface area contributed by atoms with Gasteiger partial charge in [0.2, 0.25) is 0 Å². The first kappa shape index (κ1) is 10.6. The summed E-state index contributed by atoms with van der Waals surface area (Å²) in [5.41, 5.74) is 2.65. The zero-order valence-electron chi connectivity index (χ0n) is 9.31. The Morgan fingerprint density at radius 1 is 1.11 bits per heavy atom. The molecule has 5 nitrogen and oxygen atoms in total. The van der Waals surface area contributed by atoms with Gasteiger partial charge < -0.3 is 15.7 Å². The van der Waals surface area contributed by atoms with Gasteiger partial charge in [0.25, 0.3) is 0 Å². The normalized spacial score (nSPS) is 20.7. The highest BCUT2D eigenvalue weighted by molar-refractivity contribution is 6.09. The number of nitrogens with one attached hydrogen (secondary N) is 2. The SMILES string of the molecule is O=C(O)C1C(=O)C=CC2=C1Nc1ccccc1N2. The number of rotatable bonds is 1. The number of para-hydroxylation sites is 2. The highest BCUT2D eigenvalue weighted by Crippen LogP contribution is 2.34. The van der Waals surface area contributed by atoms with Crippen LogP contribution in [0.15, 0.2) is 47.8 Å². The van der Waals surface area contributed by atoms with Crippen LogP contribution in [0.2, 0.25) is 0 Å². The predicted molar refractivity (Wildman–Crippen MR) is 66.0 cm³/mol. The van der Waals surface area contributed by atoms with Gasteiger partial charge in [-0.2, -0.15) is 0 Å². The van der Waals surface area contributed by atoms with Crippen molar-refractivity contribution in [3.8, 4) is 0 Å². The molecule has 1 atom stereocenters. The van der Waals surface area contributed by atoms with Crippen molar-refractivity contribution in [2.45, 2.75) is 0 Å². The summed E-state index contributed by atoms with van der Waals surface area (Å²) in [7, 11) is 0. The number of fused-ring (bicyclic) bond motifs is 1. The van der Waals surface area contributed by atoms with Crippen LogP contribution in [0.4, 0.5) is 11.4 Å². The molecule has 0 radical (unpaired) electrons. The van der Waals surface area contributed by atoms with Gasteiger partial charge in [0.15, 0.2) is 11.7 Å². The number of carbonyl (C=O) groups is 2. The Balaban J connectivity index is 2.07. The number of carboxylic acid groups (broad SMARTS) is 1. The summed E-state index contributed by atoms with van der Waals surface area (Å²) in [5, 5.41) is 15.3. The number of anilines is 2. The minimum atomic E-state index is -1.16. The lowest BCUT2D eigenvalue weighted by atomic mass is 9.92. The summed E-state index contributed by atoms with van der Waals surface area (Å²) in [6.45, 7) is 0. The van der Waals surface area contributed by atoms with Crippen molar-refractivity contribution in [1.82, 2.24) is 0 Å². The average Bonchev–Trinajstić information content (AvgIpc) is 2.36. The van der Waals surface area contributed by atoms with Crippen molar-refractivity contribution >= 4 is 23.1 Å². The lowest BCUT2D eigenvalue weighted by Gasteiger charge is -2.29. The molecule has 0 fully saturated rings. The quantitative estimate of drug-likeness (QED) is 0.651. The van der Waals surface area contributed by atoms with E-state index in [1.807, 2.05) is 24.3 Å². The van der Waals surface area contributed by atoms with E-state index in [-0.39, 0.29) is 0 Å². The van der Waals surface area contributed by atoms with Gasteiger partial charge in [-0.15, -0.1) is 0 Å². The van der Waals surface area contributed by atoms with Crippen LogP contribution in [0.25, 0.3) is 0 Å². The molecule has 90 valence electrons. The second-order valence-corrected chi connectivity index (χ2v) is 4.13. The summed E-state index contributed by atoms with van der Waals surface area (Å²) in [6.07, 6.45) is 2.89. The van der Waals surface area contributed by atoms with Crippen LogP contribution in [0.1, 0.15) is 0 Å². The van der Waals surface area contributed by atoms with Crippen LogP contribution in [0.3, 0.4) is 0 Å². The van der Waals surface area contributed by atoms with Gasteiger partial charge in [-0.25, -0.2) is 0 Å². The summed E-state index contributed by atoms with van der Waals surface area (Å²) in [6, 6.07) is 7.43. The van der Waals surface area contributed by atoms with Gasteiger partial charge in [-0.3, -0.25) is 9.59 Å². The molecule has 0 spiro atoms. The predicted octanol–water partition coefficient (Wildman–Crippen LogP) is 1.58. The lowest BCUT2D eigenvalue weighted by Crippen LogP contribution is -2.34. The fourth-order valence-electron chi connectivity index (χ4n) is 2.13. The topological polar surface area (TPSA) is 78.4 Å². The van der Waals surface area contributed by atoms with E-state index in [2.05, 4.69) is 10.6 Å². The number of carbonyl (C=O) groups excluding carboxylic acids is 1. The zero-order chi connectivity index (χ0) is 12.7. The van der Waals surface area contributed by atoms with E-state index >= 15 is 0 Å². The lowest BCUT2D eigenvalue weighted by molar-refractivity contribution is -0.143. The van der Waals surface area contributed by atoms with Crippen LogP contribution in [0.5, 0.6) is 0 Å². The third-order valence-corrected chi connectivity index (χ3v) is 2.99. The molecule has 18 heavy (non-hydrogen) atoms. The molecule has 5 heteroatoms. The highest BCUT2D eigenvalue weighted by atomic mass is 16.4. The maximum absolute atomic E-state index is 11.6. The molecule has 1 aromatic carbocycles. The van der Waals surface area contributed by atoms with Crippen molar-refractivity contribution < 1.29 is 14.7 Å². The van der Waals surface area contributed by atoms with Crippen LogP contribution in [-0.2, 0) is 9.59 Å². The van der Waals surface area contributed by atoms with E-state index in [9.17, 15) is 9.59 Å². The Kier molecular flexibility index (Phi) is 2.19. The first-order valence-electron chi connectivity index (χ1n) is 5.49. The molecule has 0 aromatic heterocycles. The molecular formula is C13H10N2O3. The molecule has 0 saturated heterocycles. The molecular weight excluding hydrogens is 232 g/mol. The van der Waals surface area contributed by atoms with Crippen molar-refractivity contribution in [2.75, 3.05) is 10.6 Å². The number of hydrogen-bond donors (Lipinski definition) is 3. The van der Waals surface area contributed by atoms with E-state index in [0.717, 1.165) is 11.4 Å². The fourth-order valence-corrected chi connectivity index (χ4v) is 2.13. The van der Waals surface area contributed by atoms with E-state index in [1.54, 1.807) is 6.08 Å². The smallest absolute Gasteiger partial charge is 0.320 e. The maximum atomic E-state index is 11.6. The Hall–Kier alpha value is -2.56. The van der Waals surface area contributed by atoms with E-state index in [4.69, 9.17) is 5.11 Å². The van der Waals surface area contributed by atoms with Gasteiger partial charge in [0, 0.05) is 0 Å². The van der Waals surface area contributed by atoms with Crippen LogP contribution in [-0.4, -0.2) is 16.9 Å². The van der Waals surface area contributed by atoms with Gasteiger partial charge in [-0.1, -0.05) is 12.1 Å². The van der Waals surface area contributed by atoms with E-state index in [1.165, 1.54) is 6.08 Å². The maximum Gasteiger partial charge on any atom is 0.320 e. The summed E-state index contributed by atoms with van der Waals surface area (Å²) < 4.78 is 0. The summed E-state index contributed by atoms with van der Waals surface area (Å²) in [4.78, 5) is 22.8. The molecule has 0 bridgehead atoms. The monoisotopic (exact) mass is 242 g/mol. The second kappa shape index (κ2) is 3.73. The van der Waals surface area contributed by atoms with Crippen molar-refractivity contribution in [1.29, 1.82) is 0 Å². The van der Waals surface area contributed by atoms with Crippen LogP contribution in [0, 0.1) is 5.92 Å².